The number of carboxylic acids is 1. The Morgan fingerprint density at radius 1 is 0.933 bits per heavy atom. The molecule has 1 heterocycles. The van der Waals surface area contributed by atoms with Crippen LogP contribution >= 0.6 is 0 Å². The molecule has 9 nitrogen and oxygen atoms in total. The van der Waals surface area contributed by atoms with E-state index in [1.54, 1.807) is 7.05 Å². The molecule has 0 bridgehead atoms. The SMILES string of the molecule is Cc1ccc(C[C@@H](C(=O)N(C)CC(=O)O)N2CCC=CC[C@H](N(C)C(=O)OCC3c4ccccc4-c4ccccc43)C2=O)cc1. The number of rotatable bonds is 9. The van der Waals surface area contributed by atoms with E-state index in [1.807, 2.05) is 79.7 Å². The maximum atomic E-state index is 14.2. The van der Waals surface area contributed by atoms with Crippen LogP contribution in [-0.4, -0.2) is 89.6 Å². The van der Waals surface area contributed by atoms with Crippen LogP contribution in [0.2, 0.25) is 0 Å². The number of likely N-dealkylation sites (N-methyl/N-ethyl adjacent to an activating group) is 2. The molecule has 234 valence electrons. The molecule has 3 amide bonds. The summed E-state index contributed by atoms with van der Waals surface area (Å²) in [5.74, 6) is -2.13. The zero-order valence-electron chi connectivity index (χ0n) is 25.9. The molecule has 3 aromatic carbocycles. The Bertz CT molecular complexity index is 1550. The fraction of sp³-hybridized carbons (Fsp3) is 0.333. The monoisotopic (exact) mass is 609 g/mol. The Labute approximate surface area is 263 Å². The van der Waals surface area contributed by atoms with Crippen molar-refractivity contribution in [3.63, 3.8) is 0 Å². The molecule has 0 radical (unpaired) electrons. The molecule has 1 aliphatic heterocycles. The van der Waals surface area contributed by atoms with Crippen molar-refractivity contribution in [2.45, 2.75) is 44.2 Å². The van der Waals surface area contributed by atoms with Crippen LogP contribution in [0.3, 0.4) is 0 Å². The lowest BCUT2D eigenvalue weighted by Gasteiger charge is -2.38. The van der Waals surface area contributed by atoms with E-state index in [1.165, 1.54) is 16.8 Å². The van der Waals surface area contributed by atoms with E-state index >= 15 is 0 Å². The summed E-state index contributed by atoms with van der Waals surface area (Å²) in [4.78, 5) is 56.8. The van der Waals surface area contributed by atoms with Crippen molar-refractivity contribution in [3.05, 3.63) is 107 Å². The first-order valence-corrected chi connectivity index (χ1v) is 15.2. The highest BCUT2D eigenvalue weighted by Gasteiger charge is 2.39. The molecule has 0 fully saturated rings. The fourth-order valence-electron chi connectivity index (χ4n) is 6.23. The molecule has 0 saturated carbocycles. The van der Waals surface area contributed by atoms with Crippen LogP contribution in [0.15, 0.2) is 84.9 Å². The average molecular weight is 610 g/mol. The van der Waals surface area contributed by atoms with Crippen LogP contribution < -0.4 is 0 Å². The van der Waals surface area contributed by atoms with Crippen molar-refractivity contribution in [2.75, 3.05) is 33.8 Å². The number of hydrogen-bond acceptors (Lipinski definition) is 5. The molecule has 45 heavy (non-hydrogen) atoms. The predicted molar refractivity (Wildman–Crippen MR) is 171 cm³/mol. The first kappa shape index (κ1) is 31.5. The number of hydrogen-bond donors (Lipinski definition) is 1. The van der Waals surface area contributed by atoms with E-state index in [0.29, 0.717) is 6.42 Å². The first-order valence-electron chi connectivity index (χ1n) is 15.2. The molecule has 1 aliphatic carbocycles. The van der Waals surface area contributed by atoms with Gasteiger partial charge in [-0.15, -0.1) is 0 Å². The van der Waals surface area contributed by atoms with Gasteiger partial charge in [0, 0.05) is 33.0 Å². The number of nitrogens with zero attached hydrogens (tertiary/aromatic N) is 3. The normalized spacial score (nSPS) is 16.6. The second kappa shape index (κ2) is 13.8. The predicted octanol–water partition coefficient (Wildman–Crippen LogP) is 4.88. The number of carboxylic acid groups (broad SMARTS) is 1. The number of fused-ring (bicyclic) bond motifs is 3. The summed E-state index contributed by atoms with van der Waals surface area (Å²) in [5.41, 5.74) is 6.32. The Balaban J connectivity index is 1.36. The van der Waals surface area contributed by atoms with Gasteiger partial charge in [-0.05, 0) is 47.6 Å². The van der Waals surface area contributed by atoms with E-state index in [2.05, 4.69) is 12.1 Å². The number of amides is 3. The zero-order valence-corrected chi connectivity index (χ0v) is 25.9. The molecular weight excluding hydrogens is 570 g/mol. The summed E-state index contributed by atoms with van der Waals surface area (Å²) in [6.45, 7) is 1.83. The number of carbonyl (C=O) groups excluding carboxylic acids is 3. The minimum Gasteiger partial charge on any atom is -0.480 e. The Hall–Kier alpha value is -4.92. The summed E-state index contributed by atoms with van der Waals surface area (Å²) in [6.07, 6.45) is 4.17. The molecular formula is C36H39N3O6. The first-order chi connectivity index (χ1) is 21.7. The van der Waals surface area contributed by atoms with Crippen molar-refractivity contribution in [3.8, 4) is 11.1 Å². The fourth-order valence-corrected chi connectivity index (χ4v) is 6.23. The second-order valence-electron chi connectivity index (χ2n) is 11.8. The molecule has 0 spiro atoms. The van der Waals surface area contributed by atoms with Crippen molar-refractivity contribution < 1.29 is 29.0 Å². The van der Waals surface area contributed by atoms with Gasteiger partial charge in [-0.25, -0.2) is 4.79 Å². The van der Waals surface area contributed by atoms with Gasteiger partial charge in [0.15, 0.2) is 0 Å². The number of aryl methyl sites for hydroxylation is 1. The van der Waals surface area contributed by atoms with Gasteiger partial charge in [0.05, 0.1) is 0 Å². The Kier molecular flexibility index (Phi) is 9.66. The molecule has 3 aromatic rings. The highest BCUT2D eigenvalue weighted by molar-refractivity contribution is 5.92. The van der Waals surface area contributed by atoms with Gasteiger partial charge in [0.1, 0.15) is 25.2 Å². The van der Waals surface area contributed by atoms with Crippen LogP contribution in [-0.2, 0) is 25.5 Å². The second-order valence-corrected chi connectivity index (χ2v) is 11.8. The maximum Gasteiger partial charge on any atom is 0.410 e. The summed E-state index contributed by atoms with van der Waals surface area (Å²) in [6, 6.07) is 22.0. The van der Waals surface area contributed by atoms with E-state index in [9.17, 15) is 24.3 Å². The largest absolute Gasteiger partial charge is 0.480 e. The van der Waals surface area contributed by atoms with Crippen LogP contribution in [0.1, 0.15) is 41.0 Å². The minimum atomic E-state index is -1.14. The van der Waals surface area contributed by atoms with Crippen LogP contribution in [0.4, 0.5) is 4.79 Å². The summed E-state index contributed by atoms with van der Waals surface area (Å²) >= 11 is 0. The number of carbonyl (C=O) groups is 4. The number of ether oxygens (including phenoxy) is 1. The molecule has 5 rings (SSSR count). The molecule has 2 aliphatic rings. The van der Waals surface area contributed by atoms with Gasteiger partial charge in [0.25, 0.3) is 0 Å². The van der Waals surface area contributed by atoms with E-state index < -0.39 is 36.6 Å². The third-order valence-electron chi connectivity index (χ3n) is 8.68. The van der Waals surface area contributed by atoms with Gasteiger partial charge < -0.3 is 19.6 Å². The molecule has 0 saturated heterocycles. The van der Waals surface area contributed by atoms with Crippen molar-refractivity contribution >= 4 is 23.9 Å². The average Bonchev–Trinajstić information content (AvgIpc) is 3.34. The lowest BCUT2D eigenvalue weighted by atomic mass is 9.98. The maximum absolute atomic E-state index is 14.2. The Morgan fingerprint density at radius 3 is 2.18 bits per heavy atom. The zero-order chi connectivity index (χ0) is 32.1. The van der Waals surface area contributed by atoms with E-state index in [0.717, 1.165) is 38.3 Å². The molecule has 2 atom stereocenters. The van der Waals surface area contributed by atoms with Gasteiger partial charge in [-0.1, -0.05) is 90.5 Å². The molecule has 9 heteroatoms. The third-order valence-corrected chi connectivity index (χ3v) is 8.68. The van der Waals surface area contributed by atoms with Gasteiger partial charge >= 0.3 is 12.1 Å². The number of benzene rings is 3. The van der Waals surface area contributed by atoms with Crippen LogP contribution in [0.25, 0.3) is 11.1 Å². The highest BCUT2D eigenvalue weighted by Crippen LogP contribution is 2.44. The lowest BCUT2D eigenvalue weighted by Crippen LogP contribution is -2.57. The minimum absolute atomic E-state index is 0.117. The van der Waals surface area contributed by atoms with Gasteiger partial charge in [0.2, 0.25) is 11.8 Å². The quantitative estimate of drug-likeness (QED) is 0.347. The van der Waals surface area contributed by atoms with Crippen molar-refractivity contribution in [1.29, 1.82) is 0 Å². The molecule has 0 unspecified atom stereocenters. The standard InChI is InChI=1S/C36H39N3O6/c1-24-16-18-25(19-17-24)21-32(34(42)37(2)22-33(40)41)39-20-10-4-5-15-31(35(39)43)38(3)36(44)45-23-30-28-13-8-6-11-26(28)27-12-7-9-14-29(27)30/h4-9,11-14,16-19,30-32H,10,15,20-23H2,1-3H3,(H,40,41)/t31-,32-/m0/s1. The van der Waals surface area contributed by atoms with Gasteiger partial charge in [-0.3, -0.25) is 19.3 Å². The van der Waals surface area contributed by atoms with Crippen LogP contribution in [0.5, 0.6) is 0 Å². The van der Waals surface area contributed by atoms with E-state index in [4.69, 9.17) is 4.74 Å². The summed E-state index contributed by atoms with van der Waals surface area (Å²) in [7, 11) is 2.97. The Morgan fingerprint density at radius 2 is 1.56 bits per heavy atom. The molecule has 1 N–H and O–H groups in total. The molecule has 0 aromatic heterocycles. The third kappa shape index (κ3) is 6.93. The highest BCUT2D eigenvalue weighted by atomic mass is 16.6. The topological polar surface area (TPSA) is 107 Å². The van der Waals surface area contributed by atoms with E-state index in [-0.39, 0.29) is 37.8 Å². The van der Waals surface area contributed by atoms with Crippen LogP contribution in [0, 0.1) is 6.92 Å². The summed E-state index contributed by atoms with van der Waals surface area (Å²) < 4.78 is 5.86. The van der Waals surface area contributed by atoms with Crippen molar-refractivity contribution in [2.24, 2.45) is 0 Å². The number of aliphatic carboxylic acids is 1. The van der Waals surface area contributed by atoms with Gasteiger partial charge in [-0.2, -0.15) is 0 Å². The lowest BCUT2D eigenvalue weighted by molar-refractivity contribution is -0.150. The van der Waals surface area contributed by atoms with Crippen molar-refractivity contribution in [1.82, 2.24) is 14.7 Å². The summed E-state index contributed by atoms with van der Waals surface area (Å²) in [5, 5.41) is 9.35. The smallest absolute Gasteiger partial charge is 0.410 e.